The molecule has 1 saturated carbocycles. The number of benzene rings is 1. The third-order valence-corrected chi connectivity index (χ3v) is 9.26. The fraction of sp³-hybridized carbons (Fsp3) is 0.529. The second-order valence-electron chi connectivity index (χ2n) is 13.2. The highest BCUT2D eigenvalue weighted by molar-refractivity contribution is 5.93. The van der Waals surface area contributed by atoms with Crippen LogP contribution in [0.25, 0.3) is 17.0 Å². The molecule has 1 aromatic heterocycles. The van der Waals surface area contributed by atoms with Gasteiger partial charge in [-0.15, -0.1) is 0 Å². The number of rotatable bonds is 1. The summed E-state index contributed by atoms with van der Waals surface area (Å²) in [4.78, 5) is 71.4. The summed E-state index contributed by atoms with van der Waals surface area (Å²) in [5.74, 6) is -2.13. The third kappa shape index (κ3) is 6.78. The molecular formula is C34H43N5O6. The maximum atomic E-state index is 13.9. The molecule has 5 bridgehead atoms. The van der Waals surface area contributed by atoms with Crippen LogP contribution in [0.4, 0.5) is 0 Å². The fourth-order valence-electron chi connectivity index (χ4n) is 6.24. The van der Waals surface area contributed by atoms with Crippen molar-refractivity contribution in [3.05, 3.63) is 47.7 Å². The van der Waals surface area contributed by atoms with Crippen molar-refractivity contribution in [3.8, 4) is 0 Å². The van der Waals surface area contributed by atoms with Crippen molar-refractivity contribution in [2.45, 2.75) is 96.9 Å². The highest BCUT2D eigenvalue weighted by atomic mass is 16.5. The normalized spacial score (nSPS) is 28.3. The second-order valence-corrected chi connectivity index (χ2v) is 13.2. The molecule has 1 aliphatic carbocycles. The number of ether oxygens (including phenoxy) is 1. The Labute approximate surface area is 263 Å². The lowest BCUT2D eigenvalue weighted by Gasteiger charge is -2.41. The Morgan fingerprint density at radius 2 is 1.67 bits per heavy atom. The van der Waals surface area contributed by atoms with Crippen molar-refractivity contribution < 1.29 is 28.7 Å². The molecule has 11 heteroatoms. The number of carbonyl (C=O) groups is 5. The van der Waals surface area contributed by atoms with Gasteiger partial charge in [0.15, 0.2) is 6.10 Å². The van der Waals surface area contributed by atoms with Crippen molar-refractivity contribution >= 4 is 46.5 Å². The maximum Gasteiger partial charge on any atom is 0.316 e. The highest BCUT2D eigenvalue weighted by Gasteiger charge is 2.44. The Morgan fingerprint density at radius 3 is 2.38 bits per heavy atom. The van der Waals surface area contributed by atoms with Gasteiger partial charge >= 0.3 is 5.97 Å². The van der Waals surface area contributed by atoms with E-state index in [-0.39, 0.29) is 43.3 Å². The smallest absolute Gasteiger partial charge is 0.316 e. The van der Waals surface area contributed by atoms with Crippen LogP contribution in [0.15, 0.2) is 36.4 Å². The topological polar surface area (TPSA) is 147 Å². The van der Waals surface area contributed by atoms with E-state index in [2.05, 4.69) is 16.1 Å². The van der Waals surface area contributed by atoms with Gasteiger partial charge in [-0.05, 0) is 70.1 Å². The lowest BCUT2D eigenvalue weighted by molar-refractivity contribution is -0.168. The van der Waals surface area contributed by atoms with Gasteiger partial charge in [0.1, 0.15) is 17.4 Å². The summed E-state index contributed by atoms with van der Waals surface area (Å²) in [6.45, 7) is 9.09. The first-order chi connectivity index (χ1) is 21.3. The Balaban J connectivity index is 1.55. The van der Waals surface area contributed by atoms with Gasteiger partial charge in [-0.1, -0.05) is 44.2 Å². The van der Waals surface area contributed by atoms with Gasteiger partial charge in [0, 0.05) is 24.8 Å². The number of nitrogens with zero attached hydrogens (tertiary/aromatic N) is 2. The summed E-state index contributed by atoms with van der Waals surface area (Å²) in [6, 6.07) is 8.25. The minimum absolute atomic E-state index is 0.0840. The number of nitrogens with one attached hydrogen (secondary N) is 3. The Morgan fingerprint density at radius 1 is 0.956 bits per heavy atom. The molecular weight excluding hydrogens is 574 g/mol. The van der Waals surface area contributed by atoms with Crippen LogP contribution in [0.3, 0.4) is 0 Å². The standard InChI is InChI=1S/C34H43N5O6/c1-20(2)28-29(41)35-22(4)30(42)39-18-6-14-33(5,38-39)31(43)36-21(3)26-10-9-24-8-7-23(19-27(24)37-26)11-15-34(32(44)45-28)16-12-25(40)13-17-34/h7-11,15,19-22,28,38H,6,12-14,16-18H2,1-5H3,(H,35,41)(H,36,43). The van der Waals surface area contributed by atoms with Crippen LogP contribution in [-0.4, -0.2) is 63.7 Å². The van der Waals surface area contributed by atoms with Gasteiger partial charge < -0.3 is 15.4 Å². The van der Waals surface area contributed by atoms with Crippen LogP contribution in [0, 0.1) is 11.3 Å². The van der Waals surface area contributed by atoms with Crippen molar-refractivity contribution in [1.82, 2.24) is 26.1 Å². The van der Waals surface area contributed by atoms with Gasteiger partial charge in [0.25, 0.3) is 11.8 Å². The summed E-state index contributed by atoms with van der Waals surface area (Å²) in [7, 11) is 0. The number of ketones is 1. The Hall–Kier alpha value is -4.12. The molecule has 1 spiro atoms. The first-order valence-corrected chi connectivity index (χ1v) is 15.8. The molecule has 45 heavy (non-hydrogen) atoms. The van der Waals surface area contributed by atoms with E-state index in [0.29, 0.717) is 25.1 Å². The Bertz CT molecular complexity index is 1540. The van der Waals surface area contributed by atoms with E-state index in [1.807, 2.05) is 43.3 Å². The minimum atomic E-state index is -1.15. The number of amides is 3. The highest BCUT2D eigenvalue weighted by Crippen LogP contribution is 2.39. The van der Waals surface area contributed by atoms with Gasteiger partial charge in [-0.2, -0.15) is 0 Å². The van der Waals surface area contributed by atoms with E-state index >= 15 is 0 Å². The van der Waals surface area contributed by atoms with E-state index in [9.17, 15) is 24.0 Å². The van der Waals surface area contributed by atoms with Gasteiger partial charge in [0.05, 0.1) is 22.7 Å². The molecule has 2 aliphatic heterocycles. The first-order valence-electron chi connectivity index (χ1n) is 15.8. The number of fused-ring (bicyclic) bond motifs is 4. The SMILES string of the molecule is CC1NC(=O)C(C(C)C)OC(=O)C2(C=Cc3ccc4ccc(nc4c3)C(C)NC(=O)C3(C)CCCN(N3)C1=O)CCC(=O)CC2. The zero-order chi connectivity index (χ0) is 32.5. The van der Waals surface area contributed by atoms with Gasteiger partial charge in [0.2, 0.25) is 5.91 Å². The zero-order valence-electron chi connectivity index (χ0n) is 26.6. The fourth-order valence-corrected chi connectivity index (χ4v) is 6.24. The average molecular weight is 618 g/mol. The monoisotopic (exact) mass is 617 g/mol. The summed E-state index contributed by atoms with van der Waals surface area (Å²) < 4.78 is 5.92. The van der Waals surface area contributed by atoms with E-state index in [1.54, 1.807) is 33.8 Å². The molecule has 4 unspecified atom stereocenters. The maximum absolute atomic E-state index is 13.9. The predicted octanol–water partition coefficient (Wildman–Crippen LogP) is 3.53. The van der Waals surface area contributed by atoms with E-state index in [0.717, 1.165) is 16.5 Å². The molecule has 3 heterocycles. The second kappa shape index (κ2) is 12.7. The van der Waals surface area contributed by atoms with Crippen LogP contribution in [-0.2, 0) is 28.7 Å². The number of cyclic esters (lactones) is 1. The number of aromatic nitrogens is 1. The molecule has 3 amide bonds. The molecule has 2 aromatic rings. The number of carbonyl (C=O) groups excluding carboxylic acids is 5. The van der Waals surface area contributed by atoms with Crippen molar-refractivity contribution in [1.29, 1.82) is 0 Å². The third-order valence-electron chi connectivity index (χ3n) is 9.26. The Kier molecular flexibility index (Phi) is 9.11. The predicted molar refractivity (Wildman–Crippen MR) is 168 cm³/mol. The number of esters is 1. The quantitative estimate of drug-likeness (QED) is 0.412. The summed E-state index contributed by atoms with van der Waals surface area (Å²) in [5.41, 5.74) is 3.16. The van der Waals surface area contributed by atoms with Gasteiger partial charge in [-0.25, -0.2) is 5.43 Å². The lowest BCUT2D eigenvalue weighted by Crippen LogP contribution is -2.67. The van der Waals surface area contributed by atoms with Crippen molar-refractivity contribution in [2.75, 3.05) is 6.54 Å². The van der Waals surface area contributed by atoms with Crippen molar-refractivity contribution in [2.24, 2.45) is 11.3 Å². The number of hydrazine groups is 1. The summed E-state index contributed by atoms with van der Waals surface area (Å²) in [5, 5.41) is 8.08. The number of Topliss-reactive ketones (excluding diaryl/α,β-unsaturated/α-hetero) is 1. The first kappa shape index (κ1) is 32.3. The molecule has 5 rings (SSSR count). The van der Waals surface area contributed by atoms with Gasteiger partial charge in [-0.3, -0.25) is 34.0 Å². The molecule has 4 atom stereocenters. The van der Waals surface area contributed by atoms with Crippen LogP contribution in [0.5, 0.6) is 0 Å². The largest absolute Gasteiger partial charge is 0.451 e. The summed E-state index contributed by atoms with van der Waals surface area (Å²) in [6.07, 6.45) is 4.58. The van der Waals surface area contributed by atoms with E-state index < -0.39 is 46.9 Å². The summed E-state index contributed by atoms with van der Waals surface area (Å²) >= 11 is 0. The molecule has 3 N–H and O–H groups in total. The van der Waals surface area contributed by atoms with Crippen LogP contribution >= 0.6 is 0 Å². The number of pyridine rings is 1. The molecule has 3 aliphatic rings. The molecule has 0 radical (unpaired) electrons. The average Bonchev–Trinajstić information content (AvgIpc) is 3.01. The van der Waals surface area contributed by atoms with Crippen LogP contribution in [0.2, 0.25) is 0 Å². The zero-order valence-corrected chi connectivity index (χ0v) is 26.6. The van der Waals surface area contributed by atoms with E-state index in [4.69, 9.17) is 9.72 Å². The number of hydrogen-bond acceptors (Lipinski definition) is 8. The lowest BCUT2D eigenvalue weighted by atomic mass is 9.73. The molecule has 1 aromatic carbocycles. The minimum Gasteiger partial charge on any atom is -0.451 e. The van der Waals surface area contributed by atoms with Crippen LogP contribution < -0.4 is 16.1 Å². The van der Waals surface area contributed by atoms with Crippen LogP contribution in [0.1, 0.15) is 90.4 Å². The number of hydrogen-bond donors (Lipinski definition) is 3. The molecule has 1 saturated heterocycles. The molecule has 240 valence electrons. The van der Waals surface area contributed by atoms with Crippen molar-refractivity contribution in [3.63, 3.8) is 0 Å². The molecule has 2 fully saturated rings. The molecule has 11 nitrogen and oxygen atoms in total. The van der Waals surface area contributed by atoms with E-state index in [1.165, 1.54) is 5.01 Å².